The van der Waals surface area contributed by atoms with E-state index in [4.69, 9.17) is 4.74 Å². The average Bonchev–Trinajstić information content (AvgIpc) is 2.53. The molecule has 1 atom stereocenters. The van der Waals surface area contributed by atoms with Crippen LogP contribution in [0, 0.1) is 0 Å². The van der Waals surface area contributed by atoms with Gasteiger partial charge in [-0.2, -0.15) is 0 Å². The van der Waals surface area contributed by atoms with E-state index in [0.29, 0.717) is 0 Å². The van der Waals surface area contributed by atoms with Gasteiger partial charge < -0.3 is 4.74 Å². The van der Waals surface area contributed by atoms with Crippen molar-refractivity contribution < 1.29 is 4.74 Å². The topological polar surface area (TPSA) is 21.6 Å². The predicted octanol–water partition coefficient (Wildman–Crippen LogP) is 4.12. The molecular formula is C18H17NO. The Bertz CT molecular complexity index is 692. The van der Waals surface area contributed by atoms with Crippen LogP contribution in [0.5, 0.6) is 0 Å². The Balaban J connectivity index is 1.82. The molecule has 0 saturated carbocycles. The largest absolute Gasteiger partial charge is 0.497 e. The van der Waals surface area contributed by atoms with Crippen LogP contribution in [0.3, 0.4) is 0 Å². The van der Waals surface area contributed by atoms with Crippen LogP contribution in [-0.2, 0) is 4.74 Å². The lowest BCUT2D eigenvalue weighted by Crippen LogP contribution is -2.04. The van der Waals surface area contributed by atoms with Crippen LogP contribution in [0.15, 0.2) is 71.4 Å². The van der Waals surface area contributed by atoms with E-state index in [1.807, 2.05) is 12.3 Å². The maximum Gasteiger partial charge on any atom is 0.114 e. The third kappa shape index (κ3) is 2.64. The summed E-state index contributed by atoms with van der Waals surface area (Å²) in [6, 6.07) is 14.9. The molecule has 2 nitrogen and oxygen atoms in total. The molecule has 0 aromatic heterocycles. The first-order valence-corrected chi connectivity index (χ1v) is 6.80. The minimum Gasteiger partial charge on any atom is -0.497 e. The molecule has 20 heavy (non-hydrogen) atoms. The fraction of sp³-hybridized carbons (Fsp3) is 0.167. The highest BCUT2D eigenvalue weighted by Crippen LogP contribution is 2.18. The van der Waals surface area contributed by atoms with Crippen molar-refractivity contribution in [2.24, 2.45) is 4.99 Å². The number of rotatable bonds is 3. The molecule has 0 amide bonds. The van der Waals surface area contributed by atoms with Gasteiger partial charge in [0.1, 0.15) is 5.76 Å². The predicted molar refractivity (Wildman–Crippen MR) is 84.2 cm³/mol. The first-order valence-electron chi connectivity index (χ1n) is 6.80. The first-order chi connectivity index (χ1) is 9.86. The number of allylic oxidation sites excluding steroid dienone is 1. The van der Waals surface area contributed by atoms with Gasteiger partial charge in [0, 0.05) is 11.8 Å². The maximum atomic E-state index is 5.18. The molecule has 0 saturated heterocycles. The molecule has 1 aliphatic carbocycles. The molecule has 2 aromatic carbocycles. The zero-order valence-electron chi connectivity index (χ0n) is 11.5. The van der Waals surface area contributed by atoms with Crippen LogP contribution in [0.2, 0.25) is 0 Å². The van der Waals surface area contributed by atoms with Crippen LogP contribution in [0.25, 0.3) is 10.8 Å². The minimum atomic E-state index is 0.202. The lowest BCUT2D eigenvalue weighted by Gasteiger charge is -2.11. The lowest BCUT2D eigenvalue weighted by molar-refractivity contribution is 0.303. The second-order valence-corrected chi connectivity index (χ2v) is 4.82. The number of hydrogen-bond donors (Lipinski definition) is 0. The van der Waals surface area contributed by atoms with Crippen molar-refractivity contribution in [2.75, 3.05) is 7.11 Å². The number of benzene rings is 2. The average molecular weight is 263 g/mol. The van der Waals surface area contributed by atoms with E-state index in [9.17, 15) is 0 Å². The fourth-order valence-corrected chi connectivity index (χ4v) is 2.39. The Morgan fingerprint density at radius 1 is 1.15 bits per heavy atom. The highest BCUT2D eigenvalue weighted by atomic mass is 16.5. The summed E-state index contributed by atoms with van der Waals surface area (Å²) in [4.78, 5) is 4.66. The van der Waals surface area contributed by atoms with Gasteiger partial charge in [0.25, 0.3) is 0 Å². The van der Waals surface area contributed by atoms with Gasteiger partial charge in [-0.3, -0.25) is 4.99 Å². The summed E-state index contributed by atoms with van der Waals surface area (Å²) < 4.78 is 5.18. The Kier molecular flexibility index (Phi) is 3.64. The van der Waals surface area contributed by atoms with Crippen molar-refractivity contribution in [1.82, 2.24) is 0 Å². The molecule has 3 rings (SSSR count). The normalized spacial score (nSPS) is 18.4. The van der Waals surface area contributed by atoms with Crippen molar-refractivity contribution in [3.05, 3.63) is 72.0 Å². The van der Waals surface area contributed by atoms with Gasteiger partial charge >= 0.3 is 0 Å². The number of nitrogens with zero attached hydrogens (tertiary/aromatic N) is 1. The quantitative estimate of drug-likeness (QED) is 0.763. The number of aliphatic imine (C=N–C) groups is 1. The van der Waals surface area contributed by atoms with Gasteiger partial charge in [-0.1, -0.05) is 48.5 Å². The highest BCUT2D eigenvalue weighted by molar-refractivity contribution is 5.99. The minimum absolute atomic E-state index is 0.202. The summed E-state index contributed by atoms with van der Waals surface area (Å²) in [7, 11) is 1.69. The zero-order valence-corrected chi connectivity index (χ0v) is 11.5. The van der Waals surface area contributed by atoms with Gasteiger partial charge in [-0.15, -0.1) is 0 Å². The maximum absolute atomic E-state index is 5.18. The van der Waals surface area contributed by atoms with Gasteiger partial charge in [0.05, 0.1) is 13.2 Å². The Hall–Kier alpha value is -2.35. The second kappa shape index (κ2) is 5.74. The Morgan fingerprint density at radius 3 is 2.80 bits per heavy atom. The van der Waals surface area contributed by atoms with E-state index in [1.165, 1.54) is 10.8 Å². The van der Waals surface area contributed by atoms with Gasteiger partial charge in [-0.05, 0) is 29.3 Å². The van der Waals surface area contributed by atoms with Gasteiger partial charge in [0.2, 0.25) is 0 Å². The second-order valence-electron chi connectivity index (χ2n) is 4.82. The molecule has 0 heterocycles. The fourth-order valence-electron chi connectivity index (χ4n) is 2.39. The summed E-state index contributed by atoms with van der Waals surface area (Å²) in [6.45, 7) is 0. The Morgan fingerprint density at radius 2 is 2.00 bits per heavy atom. The monoisotopic (exact) mass is 263 g/mol. The Labute approximate surface area is 119 Å². The van der Waals surface area contributed by atoms with Crippen LogP contribution >= 0.6 is 0 Å². The van der Waals surface area contributed by atoms with Crippen molar-refractivity contribution >= 4 is 17.0 Å². The molecule has 1 unspecified atom stereocenters. The lowest BCUT2D eigenvalue weighted by atomic mass is 10.0. The molecule has 0 bridgehead atoms. The molecule has 100 valence electrons. The molecule has 2 aromatic rings. The van der Waals surface area contributed by atoms with Crippen molar-refractivity contribution in [3.63, 3.8) is 0 Å². The van der Waals surface area contributed by atoms with Crippen molar-refractivity contribution in [1.29, 1.82) is 0 Å². The molecule has 0 N–H and O–H groups in total. The van der Waals surface area contributed by atoms with E-state index in [2.05, 4.69) is 59.6 Å². The number of ether oxygens (including phenoxy) is 1. The molecule has 0 fully saturated rings. The number of methoxy groups -OCH3 is 1. The molecule has 1 aliphatic rings. The van der Waals surface area contributed by atoms with Gasteiger partial charge in [0.15, 0.2) is 0 Å². The highest BCUT2D eigenvalue weighted by Gasteiger charge is 2.06. The van der Waals surface area contributed by atoms with Crippen LogP contribution in [-0.4, -0.2) is 19.4 Å². The summed E-state index contributed by atoms with van der Waals surface area (Å²) in [5.74, 6) is 0.918. The molecule has 0 radical (unpaired) electrons. The van der Waals surface area contributed by atoms with Crippen molar-refractivity contribution in [2.45, 2.75) is 12.5 Å². The third-order valence-corrected chi connectivity index (χ3v) is 3.51. The van der Waals surface area contributed by atoms with E-state index < -0.39 is 0 Å². The van der Waals surface area contributed by atoms with Crippen LogP contribution in [0.1, 0.15) is 12.0 Å². The number of hydrogen-bond acceptors (Lipinski definition) is 2. The summed E-state index contributed by atoms with van der Waals surface area (Å²) >= 11 is 0. The van der Waals surface area contributed by atoms with Gasteiger partial charge in [-0.25, -0.2) is 0 Å². The molecule has 0 aliphatic heterocycles. The van der Waals surface area contributed by atoms with E-state index in [0.717, 1.165) is 17.7 Å². The summed E-state index contributed by atoms with van der Waals surface area (Å²) in [6.07, 6.45) is 9.00. The summed E-state index contributed by atoms with van der Waals surface area (Å²) in [5, 5.41) is 2.49. The summed E-state index contributed by atoms with van der Waals surface area (Å²) in [5.41, 5.74) is 1.16. The number of fused-ring (bicyclic) bond motifs is 1. The van der Waals surface area contributed by atoms with Crippen molar-refractivity contribution in [3.8, 4) is 0 Å². The van der Waals surface area contributed by atoms with E-state index in [-0.39, 0.29) is 6.04 Å². The first kappa shape index (κ1) is 12.7. The molecule has 2 heteroatoms. The van der Waals surface area contributed by atoms with Crippen LogP contribution < -0.4 is 0 Å². The molecular weight excluding hydrogens is 246 g/mol. The van der Waals surface area contributed by atoms with E-state index in [1.54, 1.807) is 7.11 Å². The standard InChI is InChI=1S/C18H17NO/c1-20-17-11-9-16(10-12-17)19-13-15-7-4-6-14-5-2-3-8-18(14)15/h2-9,11-13,16H,10H2,1H3/b19-13+. The molecule has 0 spiro atoms. The van der Waals surface area contributed by atoms with E-state index >= 15 is 0 Å². The smallest absolute Gasteiger partial charge is 0.114 e. The zero-order chi connectivity index (χ0) is 13.8. The van der Waals surface area contributed by atoms with Crippen LogP contribution in [0.4, 0.5) is 0 Å². The third-order valence-electron chi connectivity index (χ3n) is 3.51. The SMILES string of the molecule is COC1=CCC(/N=C/c2cccc3ccccc23)C=C1.